The summed E-state index contributed by atoms with van der Waals surface area (Å²) in [6.45, 7) is 0.655. The van der Waals surface area contributed by atoms with Crippen molar-refractivity contribution in [2.24, 2.45) is 0 Å². The van der Waals surface area contributed by atoms with Crippen molar-refractivity contribution in [2.45, 2.75) is 38.4 Å². The molecule has 1 fully saturated rings. The molecule has 5 aromatic rings. The first-order chi connectivity index (χ1) is 23.2. The first-order valence-corrected chi connectivity index (χ1v) is 16.1. The highest BCUT2D eigenvalue weighted by atomic mass is 35.5. The van der Waals surface area contributed by atoms with Gasteiger partial charge in [0, 0.05) is 77.9 Å². The maximum atomic E-state index is 12.9. The molecule has 0 aliphatic carbocycles. The highest BCUT2D eigenvalue weighted by Gasteiger charge is 2.21. The molecular formula is C35H32Cl2F2N6O3. The summed E-state index contributed by atoms with van der Waals surface area (Å²) in [7, 11) is 1.57. The number of amides is 1. The molecule has 1 unspecified atom stereocenters. The highest BCUT2D eigenvalue weighted by Crippen LogP contribution is 2.42. The van der Waals surface area contributed by atoms with Crippen LogP contribution in [-0.2, 0) is 17.9 Å². The molecule has 1 amide bonds. The van der Waals surface area contributed by atoms with Crippen LogP contribution in [0.5, 0.6) is 5.88 Å². The van der Waals surface area contributed by atoms with E-state index in [1.165, 1.54) is 10.6 Å². The van der Waals surface area contributed by atoms with Crippen LogP contribution < -0.4 is 26.2 Å². The Labute approximate surface area is 285 Å². The molecule has 1 aliphatic rings. The van der Waals surface area contributed by atoms with E-state index in [2.05, 4.69) is 20.9 Å². The quantitative estimate of drug-likeness (QED) is 0.144. The van der Waals surface area contributed by atoms with Gasteiger partial charge in [-0.3, -0.25) is 14.0 Å². The molecular weight excluding hydrogens is 661 g/mol. The lowest BCUT2D eigenvalue weighted by Gasteiger charge is -2.16. The van der Waals surface area contributed by atoms with Gasteiger partial charge >= 0.3 is 0 Å². The minimum atomic E-state index is -2.51. The number of nitrogens with zero attached hydrogens (tertiary/aromatic N) is 3. The normalized spacial score (nSPS) is 14.5. The van der Waals surface area contributed by atoms with E-state index in [-0.39, 0.29) is 29.6 Å². The predicted octanol–water partition coefficient (Wildman–Crippen LogP) is 6.13. The van der Waals surface area contributed by atoms with Gasteiger partial charge in [0.25, 0.3) is 12.0 Å². The highest BCUT2D eigenvalue weighted by molar-refractivity contribution is 6.39. The van der Waals surface area contributed by atoms with Gasteiger partial charge in [0.05, 0.1) is 29.4 Å². The molecule has 4 heterocycles. The van der Waals surface area contributed by atoms with E-state index in [9.17, 15) is 18.4 Å². The van der Waals surface area contributed by atoms with Gasteiger partial charge in [-0.05, 0) is 30.2 Å². The Morgan fingerprint density at radius 1 is 0.958 bits per heavy atom. The van der Waals surface area contributed by atoms with Gasteiger partial charge in [-0.2, -0.15) is 0 Å². The standard InChI is InChI=1S/C35H32Cl2F2N6O3/c1-48-34-21(15-40-18-23-9-11-31(46)43-23)8-10-28(44-34)27-7-3-6-26(33(27)37)25-5-2-4-24(32(25)36)20-12-13-45-30(14-20)42-17-22(35(45)47)16-41-19-29(38)39/h2-8,10,12-14,17,23,29,40-41H,9,11,15-16,18-19H2,1H3,(H,43,46). The number of carbonyl (C=O) groups excluding carboxylic acids is 1. The number of ether oxygens (including phenoxy) is 1. The van der Waals surface area contributed by atoms with E-state index in [0.29, 0.717) is 69.0 Å². The van der Waals surface area contributed by atoms with E-state index in [1.54, 1.807) is 25.4 Å². The number of carbonyl (C=O) groups is 1. The van der Waals surface area contributed by atoms with Gasteiger partial charge in [-0.25, -0.2) is 18.7 Å². The third kappa shape index (κ3) is 7.19. The SMILES string of the molecule is COc1nc(-c2cccc(-c3cccc(-c4ccn5c(=O)c(CNCC(F)F)cnc5c4)c3Cl)c2Cl)ccc1CNCC1CCC(=O)N1. The third-order valence-electron chi connectivity index (χ3n) is 8.19. The number of rotatable bonds is 12. The van der Waals surface area contributed by atoms with Gasteiger partial charge in [-0.1, -0.05) is 65.7 Å². The van der Waals surface area contributed by atoms with Crippen molar-refractivity contribution in [1.82, 2.24) is 30.3 Å². The molecule has 0 bridgehead atoms. The number of hydrogen-bond donors (Lipinski definition) is 3. The van der Waals surface area contributed by atoms with E-state index in [4.69, 9.17) is 32.9 Å². The Kier molecular flexibility index (Phi) is 10.3. The summed E-state index contributed by atoms with van der Waals surface area (Å²) in [6.07, 6.45) is 1.85. The number of halogens is 4. The topological polar surface area (TPSA) is 110 Å². The summed E-state index contributed by atoms with van der Waals surface area (Å²) in [5.74, 6) is 0.552. The Morgan fingerprint density at radius 3 is 2.38 bits per heavy atom. The van der Waals surface area contributed by atoms with Crippen molar-refractivity contribution in [3.8, 4) is 39.4 Å². The van der Waals surface area contributed by atoms with E-state index in [1.807, 2.05) is 48.5 Å². The predicted molar refractivity (Wildman–Crippen MR) is 183 cm³/mol. The molecule has 3 aromatic heterocycles. The van der Waals surface area contributed by atoms with E-state index >= 15 is 0 Å². The molecule has 13 heteroatoms. The molecule has 0 radical (unpaired) electrons. The molecule has 1 atom stereocenters. The number of methoxy groups -OCH3 is 1. The maximum absolute atomic E-state index is 12.9. The third-order valence-corrected chi connectivity index (χ3v) is 9.01. The van der Waals surface area contributed by atoms with Crippen LogP contribution in [-0.4, -0.2) is 52.9 Å². The molecule has 9 nitrogen and oxygen atoms in total. The second-order valence-corrected chi connectivity index (χ2v) is 12.1. The van der Waals surface area contributed by atoms with Crippen molar-refractivity contribution in [3.63, 3.8) is 0 Å². The number of pyridine rings is 2. The first-order valence-electron chi connectivity index (χ1n) is 15.3. The van der Waals surface area contributed by atoms with Gasteiger partial charge in [0.1, 0.15) is 5.65 Å². The zero-order valence-electron chi connectivity index (χ0n) is 25.9. The number of hydrogen-bond acceptors (Lipinski definition) is 7. The van der Waals surface area contributed by atoms with Crippen molar-refractivity contribution >= 4 is 34.8 Å². The lowest BCUT2D eigenvalue weighted by molar-refractivity contribution is -0.119. The molecule has 6 rings (SSSR count). The molecule has 2 aromatic carbocycles. The molecule has 0 spiro atoms. The Morgan fingerprint density at radius 2 is 1.67 bits per heavy atom. The zero-order chi connectivity index (χ0) is 33.8. The monoisotopic (exact) mass is 692 g/mol. The lowest BCUT2D eigenvalue weighted by atomic mass is 9.97. The lowest BCUT2D eigenvalue weighted by Crippen LogP contribution is -2.35. The minimum absolute atomic E-state index is 0.0133. The summed E-state index contributed by atoms with van der Waals surface area (Å²) in [5.41, 5.74) is 5.40. The molecule has 1 aliphatic heterocycles. The Balaban J connectivity index is 1.25. The van der Waals surface area contributed by atoms with Crippen molar-refractivity contribution in [1.29, 1.82) is 0 Å². The van der Waals surface area contributed by atoms with Crippen molar-refractivity contribution < 1.29 is 18.3 Å². The summed E-state index contributed by atoms with van der Waals surface area (Å²) in [6, 6.07) is 18.8. The molecule has 3 N–H and O–H groups in total. The fourth-order valence-corrected chi connectivity index (χ4v) is 6.42. The van der Waals surface area contributed by atoms with Gasteiger partial charge in [0.15, 0.2) is 0 Å². The fraction of sp³-hybridized carbons (Fsp3) is 0.257. The summed E-state index contributed by atoms with van der Waals surface area (Å²) in [4.78, 5) is 33.6. The molecule has 0 saturated carbocycles. The minimum Gasteiger partial charge on any atom is -0.481 e. The van der Waals surface area contributed by atoms with Crippen molar-refractivity contribution in [3.05, 3.63) is 105 Å². The zero-order valence-corrected chi connectivity index (χ0v) is 27.4. The van der Waals surface area contributed by atoms with Crippen LogP contribution >= 0.6 is 23.2 Å². The number of nitrogens with one attached hydrogen (secondary N) is 3. The largest absolute Gasteiger partial charge is 0.481 e. The van der Waals surface area contributed by atoms with Gasteiger partial charge < -0.3 is 20.7 Å². The van der Waals surface area contributed by atoms with Gasteiger partial charge in [0.2, 0.25) is 11.8 Å². The number of alkyl halides is 2. The number of aromatic nitrogens is 3. The first kappa shape index (κ1) is 33.5. The number of benzene rings is 2. The molecule has 1 saturated heterocycles. The van der Waals surface area contributed by atoms with Crippen LogP contribution in [0.2, 0.25) is 10.0 Å². The molecule has 48 heavy (non-hydrogen) atoms. The average molecular weight is 694 g/mol. The van der Waals surface area contributed by atoms with E-state index < -0.39 is 13.0 Å². The number of fused-ring (bicyclic) bond motifs is 1. The van der Waals surface area contributed by atoms with Crippen LogP contribution in [0.25, 0.3) is 39.2 Å². The Bertz CT molecular complexity index is 2040. The van der Waals surface area contributed by atoms with Crippen LogP contribution in [0.4, 0.5) is 8.78 Å². The fourth-order valence-electron chi connectivity index (χ4n) is 5.76. The summed E-state index contributed by atoms with van der Waals surface area (Å²) >= 11 is 14.1. The Hall–Kier alpha value is -4.42. The summed E-state index contributed by atoms with van der Waals surface area (Å²) < 4.78 is 32.0. The van der Waals surface area contributed by atoms with Crippen LogP contribution in [0.1, 0.15) is 24.0 Å². The van der Waals surface area contributed by atoms with Crippen LogP contribution in [0.3, 0.4) is 0 Å². The van der Waals surface area contributed by atoms with E-state index in [0.717, 1.165) is 17.5 Å². The van der Waals surface area contributed by atoms with Crippen LogP contribution in [0, 0.1) is 0 Å². The van der Waals surface area contributed by atoms with Crippen LogP contribution in [0.15, 0.2) is 77.9 Å². The summed E-state index contributed by atoms with van der Waals surface area (Å²) in [5, 5.41) is 9.81. The second kappa shape index (κ2) is 14.8. The second-order valence-electron chi connectivity index (χ2n) is 11.4. The smallest absolute Gasteiger partial charge is 0.262 e. The van der Waals surface area contributed by atoms with Crippen molar-refractivity contribution in [2.75, 3.05) is 20.2 Å². The average Bonchev–Trinajstić information content (AvgIpc) is 3.50. The maximum Gasteiger partial charge on any atom is 0.262 e. The van der Waals surface area contributed by atoms with Gasteiger partial charge in [-0.15, -0.1) is 0 Å². The molecule has 248 valence electrons.